The van der Waals surface area contributed by atoms with Crippen LogP contribution in [-0.4, -0.2) is 38.5 Å². The molecule has 1 saturated heterocycles. The van der Waals surface area contributed by atoms with E-state index in [1.165, 1.54) is 0 Å². The summed E-state index contributed by atoms with van der Waals surface area (Å²) in [5.41, 5.74) is 0. The van der Waals surface area contributed by atoms with Gasteiger partial charge in [-0.15, -0.1) is 0 Å². The summed E-state index contributed by atoms with van der Waals surface area (Å²) < 4.78 is 15.2. The summed E-state index contributed by atoms with van der Waals surface area (Å²) in [5, 5.41) is 0. The van der Waals surface area contributed by atoms with E-state index in [-0.39, 0.29) is 12.1 Å². The highest BCUT2D eigenvalue weighted by atomic mass is 16.6. The zero-order valence-electron chi connectivity index (χ0n) is 9.53. The molecule has 0 radical (unpaired) electrons. The van der Waals surface area contributed by atoms with Gasteiger partial charge in [0.25, 0.3) is 0 Å². The van der Waals surface area contributed by atoms with E-state index < -0.39 is 0 Å². The summed E-state index contributed by atoms with van der Waals surface area (Å²) in [6.07, 6.45) is 3.67. The predicted molar refractivity (Wildman–Crippen MR) is 55.6 cm³/mol. The monoisotopic (exact) mass is 216 g/mol. The van der Waals surface area contributed by atoms with Gasteiger partial charge in [-0.05, 0) is 19.3 Å². The highest BCUT2D eigenvalue weighted by Gasteiger charge is 2.37. The molecule has 0 saturated carbocycles. The van der Waals surface area contributed by atoms with E-state index in [1.807, 2.05) is 0 Å². The average molecular weight is 216 g/mol. The molecule has 1 fully saturated rings. The second-order valence-corrected chi connectivity index (χ2v) is 3.75. The Labute approximate surface area is 90.9 Å². The molecular weight excluding hydrogens is 196 g/mol. The number of epoxide rings is 1. The van der Waals surface area contributed by atoms with Crippen LogP contribution in [0.2, 0.25) is 0 Å². The van der Waals surface area contributed by atoms with Crippen molar-refractivity contribution in [3.63, 3.8) is 0 Å². The van der Waals surface area contributed by atoms with Crippen LogP contribution in [0.25, 0.3) is 0 Å². The van der Waals surface area contributed by atoms with Crippen molar-refractivity contribution in [2.75, 3.05) is 20.3 Å². The Morgan fingerprint density at radius 1 is 1.33 bits per heavy atom. The van der Waals surface area contributed by atoms with Crippen molar-refractivity contribution in [2.45, 2.75) is 44.8 Å². The third-order valence-electron chi connectivity index (χ3n) is 2.48. The van der Waals surface area contributed by atoms with Crippen molar-refractivity contribution >= 4 is 5.97 Å². The number of hydrogen-bond donors (Lipinski definition) is 0. The zero-order valence-corrected chi connectivity index (χ0v) is 9.53. The Morgan fingerprint density at radius 3 is 2.73 bits per heavy atom. The van der Waals surface area contributed by atoms with Gasteiger partial charge in [0.15, 0.2) is 0 Å². The summed E-state index contributed by atoms with van der Waals surface area (Å²) in [7, 11) is 1.66. The molecule has 0 spiro atoms. The molecule has 0 aromatic rings. The maximum absolute atomic E-state index is 11.2. The van der Waals surface area contributed by atoms with Gasteiger partial charge in [0, 0.05) is 20.1 Å². The van der Waals surface area contributed by atoms with Crippen LogP contribution < -0.4 is 0 Å². The summed E-state index contributed by atoms with van der Waals surface area (Å²) in [6.45, 7) is 3.19. The first kappa shape index (κ1) is 12.5. The van der Waals surface area contributed by atoms with Gasteiger partial charge >= 0.3 is 5.97 Å². The molecule has 0 aromatic carbocycles. The van der Waals surface area contributed by atoms with Gasteiger partial charge < -0.3 is 14.2 Å². The van der Waals surface area contributed by atoms with Crippen LogP contribution in [0.3, 0.4) is 0 Å². The Kier molecular flexibility index (Phi) is 5.65. The molecule has 4 nitrogen and oxygen atoms in total. The Hall–Kier alpha value is -0.610. The van der Waals surface area contributed by atoms with Crippen molar-refractivity contribution in [3.05, 3.63) is 0 Å². The normalized spacial score (nSPS) is 23.9. The van der Waals surface area contributed by atoms with Gasteiger partial charge in [-0.1, -0.05) is 6.92 Å². The molecule has 0 bridgehead atoms. The van der Waals surface area contributed by atoms with Crippen LogP contribution in [0.15, 0.2) is 0 Å². The first-order valence-corrected chi connectivity index (χ1v) is 5.58. The second kappa shape index (κ2) is 6.80. The fraction of sp³-hybridized carbons (Fsp3) is 0.909. The van der Waals surface area contributed by atoms with Crippen molar-refractivity contribution in [1.29, 1.82) is 0 Å². The summed E-state index contributed by atoms with van der Waals surface area (Å²) >= 11 is 0. The smallest absolute Gasteiger partial charge is 0.305 e. The van der Waals surface area contributed by atoms with Gasteiger partial charge in [0.05, 0.1) is 6.10 Å². The maximum atomic E-state index is 11.2. The highest BCUT2D eigenvalue weighted by molar-refractivity contribution is 5.69. The SMILES string of the molecule is CCC1OC1COC(=O)CCCCOC. The van der Waals surface area contributed by atoms with Gasteiger partial charge in [-0.3, -0.25) is 4.79 Å². The molecule has 1 heterocycles. The first-order valence-electron chi connectivity index (χ1n) is 5.58. The molecule has 2 atom stereocenters. The topological polar surface area (TPSA) is 48.1 Å². The van der Waals surface area contributed by atoms with E-state index >= 15 is 0 Å². The van der Waals surface area contributed by atoms with Crippen LogP contribution in [0.1, 0.15) is 32.6 Å². The molecule has 0 aliphatic carbocycles. The quantitative estimate of drug-likeness (QED) is 0.350. The van der Waals surface area contributed by atoms with Crippen LogP contribution >= 0.6 is 0 Å². The van der Waals surface area contributed by atoms with Crippen LogP contribution in [0.4, 0.5) is 0 Å². The summed E-state index contributed by atoms with van der Waals surface area (Å²) in [4.78, 5) is 11.2. The molecule has 0 amide bonds. The Balaban J connectivity index is 1.90. The molecule has 4 heteroatoms. The number of ether oxygens (including phenoxy) is 3. The fourth-order valence-corrected chi connectivity index (χ4v) is 1.45. The Bertz CT molecular complexity index is 193. The average Bonchev–Trinajstić information content (AvgIpc) is 3.00. The van der Waals surface area contributed by atoms with Gasteiger partial charge in [0.1, 0.15) is 12.7 Å². The molecular formula is C11H20O4. The highest BCUT2D eigenvalue weighted by Crippen LogP contribution is 2.24. The van der Waals surface area contributed by atoms with Crippen molar-refractivity contribution < 1.29 is 19.0 Å². The van der Waals surface area contributed by atoms with E-state index in [2.05, 4.69) is 6.92 Å². The molecule has 0 aromatic heterocycles. The lowest BCUT2D eigenvalue weighted by Gasteiger charge is -2.02. The summed E-state index contributed by atoms with van der Waals surface area (Å²) in [6, 6.07) is 0. The molecule has 1 rings (SSSR count). The van der Waals surface area contributed by atoms with E-state index in [9.17, 15) is 4.79 Å². The molecule has 15 heavy (non-hydrogen) atoms. The summed E-state index contributed by atoms with van der Waals surface area (Å²) in [5.74, 6) is -0.128. The number of carbonyl (C=O) groups excluding carboxylic acids is 1. The molecule has 0 N–H and O–H groups in total. The van der Waals surface area contributed by atoms with Crippen LogP contribution in [0.5, 0.6) is 0 Å². The maximum Gasteiger partial charge on any atom is 0.305 e. The minimum atomic E-state index is -0.128. The van der Waals surface area contributed by atoms with Crippen molar-refractivity contribution in [2.24, 2.45) is 0 Å². The zero-order chi connectivity index (χ0) is 11.1. The minimum Gasteiger partial charge on any atom is -0.463 e. The largest absolute Gasteiger partial charge is 0.463 e. The number of carbonyl (C=O) groups is 1. The lowest BCUT2D eigenvalue weighted by molar-refractivity contribution is -0.144. The first-order chi connectivity index (χ1) is 7.27. The van der Waals surface area contributed by atoms with Crippen LogP contribution in [-0.2, 0) is 19.0 Å². The van der Waals surface area contributed by atoms with E-state index in [1.54, 1.807) is 7.11 Å². The van der Waals surface area contributed by atoms with Gasteiger partial charge in [-0.25, -0.2) is 0 Å². The lowest BCUT2D eigenvalue weighted by atomic mass is 10.2. The molecule has 2 unspecified atom stereocenters. The van der Waals surface area contributed by atoms with Gasteiger partial charge in [0.2, 0.25) is 0 Å². The van der Waals surface area contributed by atoms with Crippen LogP contribution in [0, 0.1) is 0 Å². The third-order valence-corrected chi connectivity index (χ3v) is 2.48. The van der Waals surface area contributed by atoms with Crippen molar-refractivity contribution in [3.8, 4) is 0 Å². The lowest BCUT2D eigenvalue weighted by Crippen LogP contribution is -2.11. The van der Waals surface area contributed by atoms with E-state index in [0.29, 0.717) is 25.7 Å². The standard InChI is InChI=1S/C11H20O4/c1-3-9-10(15-9)8-14-11(12)6-4-5-7-13-2/h9-10H,3-8H2,1-2H3. The number of methoxy groups -OCH3 is 1. The molecule has 1 aliphatic rings. The minimum absolute atomic E-state index is 0.128. The fourth-order valence-electron chi connectivity index (χ4n) is 1.45. The number of hydrogen-bond acceptors (Lipinski definition) is 4. The van der Waals surface area contributed by atoms with E-state index in [4.69, 9.17) is 14.2 Å². The number of rotatable bonds is 8. The Morgan fingerprint density at radius 2 is 2.13 bits per heavy atom. The number of esters is 1. The molecule has 1 aliphatic heterocycles. The number of unbranched alkanes of at least 4 members (excludes halogenated alkanes) is 1. The molecule has 88 valence electrons. The van der Waals surface area contributed by atoms with Crippen molar-refractivity contribution in [1.82, 2.24) is 0 Å². The van der Waals surface area contributed by atoms with E-state index in [0.717, 1.165) is 19.3 Å². The van der Waals surface area contributed by atoms with Gasteiger partial charge in [-0.2, -0.15) is 0 Å². The predicted octanol–water partition coefficient (Wildman–Crippen LogP) is 1.52. The third kappa shape index (κ3) is 5.14. The second-order valence-electron chi connectivity index (χ2n) is 3.75.